The molecule has 4 N–H and O–H groups in total. The van der Waals surface area contributed by atoms with Crippen molar-refractivity contribution in [1.82, 2.24) is 0 Å². The Balaban J connectivity index is 2.96. The average molecular weight is 240 g/mol. The Bertz CT molecular complexity index is 343. The lowest BCUT2D eigenvalue weighted by molar-refractivity contribution is 0.751. The maximum Gasteiger partial charge on any atom is 0.0641 e. The number of nitrogens with zero attached hydrogens (tertiary/aromatic N) is 1. The smallest absolute Gasteiger partial charge is 0.0641 e. The minimum atomic E-state index is -0.293. The van der Waals surface area contributed by atoms with E-state index in [0.717, 1.165) is 10.0 Å². The average Bonchev–Trinajstić information content (AvgIpc) is 2.04. The summed E-state index contributed by atoms with van der Waals surface area (Å²) in [6.07, 6.45) is 0.284. The molecule has 0 saturated heterocycles. The van der Waals surface area contributed by atoms with Gasteiger partial charge in [-0.1, -0.05) is 22.0 Å². The minimum absolute atomic E-state index is 0.284. The molecule has 0 aliphatic rings. The van der Waals surface area contributed by atoms with Gasteiger partial charge in [0.05, 0.1) is 12.5 Å². The van der Waals surface area contributed by atoms with Gasteiger partial charge in [-0.25, -0.2) is 0 Å². The van der Waals surface area contributed by atoms with Crippen molar-refractivity contribution in [2.75, 3.05) is 5.73 Å². The summed E-state index contributed by atoms with van der Waals surface area (Å²) in [5.41, 5.74) is 12.9. The second-order valence-corrected chi connectivity index (χ2v) is 3.66. The van der Waals surface area contributed by atoms with Crippen LogP contribution in [0.2, 0.25) is 0 Å². The summed E-state index contributed by atoms with van der Waals surface area (Å²) in [6, 6.07) is 7.21. The molecule has 0 aliphatic heterocycles. The zero-order chi connectivity index (χ0) is 9.84. The van der Waals surface area contributed by atoms with Crippen LogP contribution in [0.1, 0.15) is 18.0 Å². The number of hydrogen-bond donors (Lipinski definition) is 2. The van der Waals surface area contributed by atoms with Gasteiger partial charge >= 0.3 is 0 Å². The van der Waals surface area contributed by atoms with Gasteiger partial charge in [0, 0.05) is 16.2 Å². The molecule has 1 atom stereocenters. The van der Waals surface area contributed by atoms with Gasteiger partial charge in [-0.3, -0.25) is 0 Å². The number of rotatable bonds is 2. The highest BCUT2D eigenvalue weighted by molar-refractivity contribution is 9.10. The molecular formula is C9H10BrN3. The van der Waals surface area contributed by atoms with Gasteiger partial charge in [0.25, 0.3) is 0 Å². The standard InChI is InChI=1S/C9H10BrN3/c10-6-1-2-7(9(13)5-6)8(12)3-4-11/h1-2,5,8H,3,12-13H2/t8-/m1/s1. The molecule has 4 heteroatoms. The lowest BCUT2D eigenvalue weighted by Crippen LogP contribution is -2.11. The maximum atomic E-state index is 8.46. The molecule has 0 aromatic heterocycles. The third kappa shape index (κ3) is 2.44. The molecule has 0 radical (unpaired) electrons. The Morgan fingerprint density at radius 2 is 2.23 bits per heavy atom. The highest BCUT2D eigenvalue weighted by atomic mass is 79.9. The van der Waals surface area contributed by atoms with Crippen molar-refractivity contribution in [1.29, 1.82) is 5.26 Å². The largest absolute Gasteiger partial charge is 0.398 e. The molecular weight excluding hydrogens is 230 g/mol. The number of anilines is 1. The third-order valence-electron chi connectivity index (χ3n) is 1.76. The number of nitrogens with two attached hydrogens (primary N) is 2. The number of halogens is 1. The van der Waals surface area contributed by atoms with Crippen molar-refractivity contribution in [3.8, 4) is 6.07 Å². The van der Waals surface area contributed by atoms with Gasteiger partial charge in [0.2, 0.25) is 0 Å². The topological polar surface area (TPSA) is 75.8 Å². The molecule has 0 amide bonds. The van der Waals surface area contributed by atoms with Gasteiger partial charge in [0.1, 0.15) is 0 Å². The Morgan fingerprint density at radius 3 is 2.77 bits per heavy atom. The van der Waals surface area contributed by atoms with E-state index in [1.54, 1.807) is 6.07 Å². The SMILES string of the molecule is N#CC[C@@H](N)c1ccc(Br)cc1N. The van der Waals surface area contributed by atoms with Crippen LogP contribution in [0.4, 0.5) is 5.69 Å². The fourth-order valence-electron chi connectivity index (χ4n) is 1.09. The first-order valence-electron chi connectivity index (χ1n) is 3.82. The molecule has 0 aliphatic carbocycles. The first-order valence-corrected chi connectivity index (χ1v) is 4.62. The molecule has 0 heterocycles. The summed E-state index contributed by atoms with van der Waals surface area (Å²) in [6.45, 7) is 0. The van der Waals surface area contributed by atoms with Crippen LogP contribution < -0.4 is 11.5 Å². The fraction of sp³-hybridized carbons (Fsp3) is 0.222. The van der Waals surface area contributed by atoms with Crippen LogP contribution in [-0.4, -0.2) is 0 Å². The molecule has 0 unspecified atom stereocenters. The van der Waals surface area contributed by atoms with E-state index in [9.17, 15) is 0 Å². The lowest BCUT2D eigenvalue weighted by atomic mass is 10.0. The summed E-state index contributed by atoms with van der Waals surface area (Å²) in [5, 5.41) is 8.46. The summed E-state index contributed by atoms with van der Waals surface area (Å²) < 4.78 is 0.915. The highest BCUT2D eigenvalue weighted by Crippen LogP contribution is 2.24. The summed E-state index contributed by atoms with van der Waals surface area (Å²) >= 11 is 3.30. The number of benzene rings is 1. The van der Waals surface area contributed by atoms with Crippen molar-refractivity contribution in [2.24, 2.45) is 5.73 Å². The van der Waals surface area contributed by atoms with Gasteiger partial charge < -0.3 is 11.5 Å². The number of hydrogen-bond acceptors (Lipinski definition) is 3. The molecule has 1 aromatic rings. The lowest BCUT2D eigenvalue weighted by Gasteiger charge is -2.10. The van der Waals surface area contributed by atoms with E-state index in [1.165, 1.54) is 0 Å². The van der Waals surface area contributed by atoms with Crippen LogP contribution >= 0.6 is 15.9 Å². The molecule has 1 rings (SSSR count). The van der Waals surface area contributed by atoms with Crippen molar-refractivity contribution >= 4 is 21.6 Å². The van der Waals surface area contributed by atoms with Crippen LogP contribution in [-0.2, 0) is 0 Å². The van der Waals surface area contributed by atoms with Gasteiger partial charge in [-0.15, -0.1) is 0 Å². The Morgan fingerprint density at radius 1 is 1.54 bits per heavy atom. The second kappa shape index (κ2) is 4.26. The van der Waals surface area contributed by atoms with Gasteiger partial charge in [0.15, 0.2) is 0 Å². The maximum absolute atomic E-state index is 8.46. The molecule has 1 aromatic carbocycles. The van der Waals surface area contributed by atoms with Crippen LogP contribution in [0.15, 0.2) is 22.7 Å². The van der Waals surface area contributed by atoms with Crippen molar-refractivity contribution in [2.45, 2.75) is 12.5 Å². The molecule has 0 spiro atoms. The van der Waals surface area contributed by atoms with Crippen molar-refractivity contribution in [3.63, 3.8) is 0 Å². The normalized spacial score (nSPS) is 12.1. The summed E-state index contributed by atoms with van der Waals surface area (Å²) in [7, 11) is 0. The first-order chi connectivity index (χ1) is 6.15. The molecule has 3 nitrogen and oxygen atoms in total. The van der Waals surface area contributed by atoms with Crippen LogP contribution in [0.5, 0.6) is 0 Å². The fourth-order valence-corrected chi connectivity index (χ4v) is 1.47. The van der Waals surface area contributed by atoms with E-state index < -0.39 is 0 Å². The number of nitriles is 1. The second-order valence-electron chi connectivity index (χ2n) is 2.74. The molecule has 68 valence electrons. The zero-order valence-electron chi connectivity index (χ0n) is 7.00. The predicted molar refractivity (Wildman–Crippen MR) is 55.7 cm³/mol. The predicted octanol–water partition coefficient (Wildman–Crippen LogP) is 1.94. The molecule has 0 bridgehead atoms. The number of nitrogen functional groups attached to an aromatic ring is 1. The van der Waals surface area contributed by atoms with Crippen molar-refractivity contribution < 1.29 is 0 Å². The van der Waals surface area contributed by atoms with Gasteiger partial charge in [-0.05, 0) is 17.7 Å². The Labute approximate surface area is 85.5 Å². The Kier molecular flexibility index (Phi) is 3.29. The highest BCUT2D eigenvalue weighted by Gasteiger charge is 2.08. The molecule has 13 heavy (non-hydrogen) atoms. The van der Waals surface area contributed by atoms with Crippen LogP contribution in [0.3, 0.4) is 0 Å². The van der Waals surface area contributed by atoms with Crippen LogP contribution in [0, 0.1) is 11.3 Å². The monoisotopic (exact) mass is 239 g/mol. The molecule has 0 saturated carbocycles. The Hall–Kier alpha value is -1.05. The third-order valence-corrected chi connectivity index (χ3v) is 2.25. The zero-order valence-corrected chi connectivity index (χ0v) is 8.58. The molecule has 0 fully saturated rings. The van der Waals surface area contributed by atoms with E-state index in [2.05, 4.69) is 15.9 Å². The van der Waals surface area contributed by atoms with E-state index in [1.807, 2.05) is 18.2 Å². The van der Waals surface area contributed by atoms with E-state index in [0.29, 0.717) is 5.69 Å². The summed E-state index contributed by atoms with van der Waals surface area (Å²) in [4.78, 5) is 0. The minimum Gasteiger partial charge on any atom is -0.398 e. The first kappa shape index (κ1) is 10.0. The van der Waals surface area contributed by atoms with Gasteiger partial charge in [-0.2, -0.15) is 5.26 Å². The summed E-state index contributed by atoms with van der Waals surface area (Å²) in [5.74, 6) is 0. The van der Waals surface area contributed by atoms with E-state index >= 15 is 0 Å². The van der Waals surface area contributed by atoms with E-state index in [4.69, 9.17) is 16.7 Å². The van der Waals surface area contributed by atoms with Crippen molar-refractivity contribution in [3.05, 3.63) is 28.2 Å². The van der Waals surface area contributed by atoms with E-state index in [-0.39, 0.29) is 12.5 Å². The quantitative estimate of drug-likeness (QED) is 0.775. The van der Waals surface area contributed by atoms with Crippen LogP contribution in [0.25, 0.3) is 0 Å².